The van der Waals surface area contributed by atoms with E-state index in [0.29, 0.717) is 0 Å². The zero-order valence-electron chi connectivity index (χ0n) is 10.3. The predicted molar refractivity (Wildman–Crippen MR) is 70.3 cm³/mol. The van der Waals surface area contributed by atoms with Gasteiger partial charge in [0, 0.05) is 5.02 Å². The van der Waals surface area contributed by atoms with Crippen LogP contribution >= 0.6 is 11.6 Å². The van der Waals surface area contributed by atoms with Crippen molar-refractivity contribution in [1.29, 1.82) is 0 Å². The maximum atomic E-state index is 12.3. The number of carbonyl (C=O) groups is 1. The molecule has 2 aromatic rings. The lowest BCUT2D eigenvalue weighted by atomic mass is 10.2. The smallest absolute Gasteiger partial charge is 0.433 e. The number of phenolic OH excluding ortho intramolecular Hbond substituents is 1. The number of benzene rings is 1. The van der Waals surface area contributed by atoms with Crippen LogP contribution in [0.4, 0.5) is 18.9 Å². The topological polar surface area (TPSA) is 62.2 Å². The van der Waals surface area contributed by atoms with E-state index in [2.05, 4.69) is 10.3 Å². The molecule has 1 aromatic heterocycles. The molecule has 0 radical (unpaired) electrons. The lowest BCUT2D eigenvalue weighted by Crippen LogP contribution is -2.13. The van der Waals surface area contributed by atoms with Crippen LogP contribution in [0.3, 0.4) is 0 Å². The average molecular weight is 317 g/mol. The van der Waals surface area contributed by atoms with Gasteiger partial charge < -0.3 is 10.4 Å². The van der Waals surface area contributed by atoms with Gasteiger partial charge in [-0.05, 0) is 30.3 Å². The molecule has 0 fully saturated rings. The summed E-state index contributed by atoms with van der Waals surface area (Å²) in [6, 6.07) is 5.70. The van der Waals surface area contributed by atoms with Crippen molar-refractivity contribution in [3.63, 3.8) is 0 Å². The van der Waals surface area contributed by atoms with Gasteiger partial charge in [0.15, 0.2) is 0 Å². The number of aromatic hydroxyl groups is 1. The fourth-order valence-corrected chi connectivity index (χ4v) is 1.70. The molecule has 2 N–H and O–H groups in total. The van der Waals surface area contributed by atoms with E-state index in [9.17, 15) is 23.1 Å². The van der Waals surface area contributed by atoms with E-state index in [4.69, 9.17) is 11.6 Å². The summed E-state index contributed by atoms with van der Waals surface area (Å²) < 4.78 is 37.0. The number of anilines is 1. The number of pyridine rings is 1. The Bertz CT molecular complexity index is 672. The molecule has 1 amide bonds. The van der Waals surface area contributed by atoms with Crippen molar-refractivity contribution in [2.24, 2.45) is 0 Å². The van der Waals surface area contributed by atoms with Crippen molar-refractivity contribution in [3.05, 3.63) is 52.8 Å². The van der Waals surface area contributed by atoms with E-state index < -0.39 is 17.8 Å². The first-order chi connectivity index (χ1) is 9.77. The van der Waals surface area contributed by atoms with Gasteiger partial charge in [-0.2, -0.15) is 13.2 Å². The number of rotatable bonds is 2. The van der Waals surface area contributed by atoms with Crippen LogP contribution in [0.15, 0.2) is 36.5 Å². The predicted octanol–water partition coefficient (Wildman–Crippen LogP) is 3.71. The summed E-state index contributed by atoms with van der Waals surface area (Å²) >= 11 is 5.63. The molecule has 0 aliphatic rings. The number of carbonyl (C=O) groups excluding carboxylic acids is 1. The Morgan fingerprint density at radius 3 is 2.48 bits per heavy atom. The van der Waals surface area contributed by atoms with Gasteiger partial charge in [0.2, 0.25) is 0 Å². The quantitative estimate of drug-likeness (QED) is 0.887. The van der Waals surface area contributed by atoms with Crippen LogP contribution < -0.4 is 5.32 Å². The Labute approximate surface area is 122 Å². The van der Waals surface area contributed by atoms with Gasteiger partial charge in [-0.25, -0.2) is 4.98 Å². The first-order valence-corrected chi connectivity index (χ1v) is 5.98. The van der Waals surface area contributed by atoms with Crippen molar-refractivity contribution in [2.45, 2.75) is 6.18 Å². The summed E-state index contributed by atoms with van der Waals surface area (Å²) in [5, 5.41) is 12.2. The van der Waals surface area contributed by atoms with E-state index >= 15 is 0 Å². The molecule has 8 heteroatoms. The van der Waals surface area contributed by atoms with E-state index in [1.54, 1.807) is 0 Å². The lowest BCUT2D eigenvalue weighted by molar-refractivity contribution is -0.141. The largest absolute Gasteiger partial charge is 0.507 e. The number of nitrogens with zero attached hydrogens (tertiary/aromatic N) is 1. The Kier molecular flexibility index (Phi) is 4.04. The van der Waals surface area contributed by atoms with Gasteiger partial charge in [0.1, 0.15) is 11.4 Å². The molecule has 110 valence electrons. The number of nitrogens with one attached hydrogen (secondary N) is 1. The zero-order chi connectivity index (χ0) is 15.6. The highest BCUT2D eigenvalue weighted by atomic mass is 35.5. The Morgan fingerprint density at radius 2 is 1.95 bits per heavy atom. The van der Waals surface area contributed by atoms with Crippen LogP contribution in [-0.4, -0.2) is 16.0 Å². The fraction of sp³-hybridized carbons (Fsp3) is 0.0769. The molecule has 0 bridgehead atoms. The van der Waals surface area contributed by atoms with Gasteiger partial charge in [0.25, 0.3) is 5.91 Å². The molecule has 4 nitrogen and oxygen atoms in total. The van der Waals surface area contributed by atoms with Crippen LogP contribution in [0.25, 0.3) is 0 Å². The molecule has 0 atom stereocenters. The van der Waals surface area contributed by atoms with Gasteiger partial charge in [-0.1, -0.05) is 11.6 Å². The van der Waals surface area contributed by atoms with Gasteiger partial charge in [-0.15, -0.1) is 0 Å². The Morgan fingerprint density at radius 1 is 1.24 bits per heavy atom. The molecule has 0 unspecified atom stereocenters. The summed E-state index contributed by atoms with van der Waals surface area (Å²) in [5.41, 5.74) is -1.04. The van der Waals surface area contributed by atoms with Crippen LogP contribution in [0.1, 0.15) is 16.1 Å². The maximum absolute atomic E-state index is 12.3. The molecule has 1 heterocycles. The van der Waals surface area contributed by atoms with Crippen molar-refractivity contribution >= 4 is 23.2 Å². The highest BCUT2D eigenvalue weighted by molar-refractivity contribution is 6.30. The van der Waals surface area contributed by atoms with E-state index in [0.717, 1.165) is 18.3 Å². The molecule has 21 heavy (non-hydrogen) atoms. The number of phenols is 1. The van der Waals surface area contributed by atoms with E-state index in [1.165, 1.54) is 18.2 Å². The Balaban J connectivity index is 2.16. The lowest BCUT2D eigenvalue weighted by Gasteiger charge is -2.09. The van der Waals surface area contributed by atoms with Gasteiger partial charge in [0.05, 0.1) is 17.4 Å². The molecule has 0 saturated heterocycles. The first kappa shape index (κ1) is 15.1. The minimum absolute atomic E-state index is 0.0562. The third-order valence-electron chi connectivity index (χ3n) is 2.52. The molecule has 0 saturated carbocycles. The second-order valence-corrected chi connectivity index (χ2v) is 4.48. The summed E-state index contributed by atoms with van der Waals surface area (Å²) in [5.74, 6) is -1.02. The molecule has 2 rings (SSSR count). The highest BCUT2D eigenvalue weighted by Gasteiger charge is 2.32. The summed E-state index contributed by atoms with van der Waals surface area (Å²) in [6.45, 7) is 0. The van der Waals surface area contributed by atoms with E-state index in [1.807, 2.05) is 0 Å². The number of halogens is 4. The fourth-order valence-electron chi connectivity index (χ4n) is 1.53. The summed E-state index contributed by atoms with van der Waals surface area (Å²) in [6.07, 6.45) is -3.66. The van der Waals surface area contributed by atoms with Crippen LogP contribution in [0.2, 0.25) is 5.02 Å². The second kappa shape index (κ2) is 5.61. The normalized spacial score (nSPS) is 11.2. The molecule has 1 aromatic carbocycles. The monoisotopic (exact) mass is 316 g/mol. The number of aromatic nitrogens is 1. The molecule has 0 spiro atoms. The van der Waals surface area contributed by atoms with Gasteiger partial charge in [-0.3, -0.25) is 4.79 Å². The van der Waals surface area contributed by atoms with Crippen molar-refractivity contribution in [1.82, 2.24) is 4.98 Å². The van der Waals surface area contributed by atoms with Crippen molar-refractivity contribution in [3.8, 4) is 5.75 Å². The molecule has 0 aliphatic heterocycles. The number of hydrogen-bond donors (Lipinski definition) is 2. The summed E-state index contributed by atoms with van der Waals surface area (Å²) in [4.78, 5) is 15.1. The van der Waals surface area contributed by atoms with Crippen LogP contribution in [0, 0.1) is 0 Å². The third kappa shape index (κ3) is 3.63. The highest BCUT2D eigenvalue weighted by Crippen LogP contribution is 2.28. The van der Waals surface area contributed by atoms with Crippen molar-refractivity contribution in [2.75, 3.05) is 5.32 Å². The van der Waals surface area contributed by atoms with E-state index in [-0.39, 0.29) is 22.0 Å². The van der Waals surface area contributed by atoms with Crippen LogP contribution in [0.5, 0.6) is 5.75 Å². The third-order valence-corrected chi connectivity index (χ3v) is 2.75. The Hall–Kier alpha value is -2.28. The second-order valence-electron chi connectivity index (χ2n) is 4.05. The molecular formula is C13H8ClF3N2O2. The summed E-state index contributed by atoms with van der Waals surface area (Å²) in [7, 11) is 0. The standard InChI is InChI=1S/C13H8ClF3N2O2/c14-7-1-3-9(10(20)5-7)12(21)19-8-2-4-11(18-6-8)13(15,16)17/h1-6,20H,(H,19,21). The van der Waals surface area contributed by atoms with Gasteiger partial charge >= 0.3 is 6.18 Å². The first-order valence-electron chi connectivity index (χ1n) is 5.60. The zero-order valence-corrected chi connectivity index (χ0v) is 11.0. The minimum atomic E-state index is -4.54. The number of alkyl halides is 3. The number of hydrogen-bond acceptors (Lipinski definition) is 3. The molecular weight excluding hydrogens is 309 g/mol. The maximum Gasteiger partial charge on any atom is 0.433 e. The minimum Gasteiger partial charge on any atom is -0.507 e. The SMILES string of the molecule is O=C(Nc1ccc(C(F)(F)F)nc1)c1ccc(Cl)cc1O. The number of amides is 1. The molecule has 0 aliphatic carbocycles. The average Bonchev–Trinajstić information content (AvgIpc) is 2.38. The van der Waals surface area contributed by atoms with Crippen LogP contribution in [-0.2, 0) is 6.18 Å². The van der Waals surface area contributed by atoms with Crippen molar-refractivity contribution < 1.29 is 23.1 Å².